The highest BCUT2D eigenvalue weighted by Gasteiger charge is 2.72. The lowest BCUT2D eigenvalue weighted by atomic mass is 9.73. The third kappa shape index (κ3) is 3.60. The summed E-state index contributed by atoms with van der Waals surface area (Å²) >= 11 is 0. The van der Waals surface area contributed by atoms with Crippen LogP contribution in [0.3, 0.4) is 0 Å². The average molecular weight is 430 g/mol. The summed E-state index contributed by atoms with van der Waals surface area (Å²) < 4.78 is 6.30. The van der Waals surface area contributed by atoms with Crippen molar-refractivity contribution in [3.05, 3.63) is 24.8 Å². The number of rotatable bonds is 5. The van der Waals surface area contributed by atoms with Crippen LogP contribution in [0.4, 0.5) is 0 Å². The summed E-state index contributed by atoms with van der Waals surface area (Å²) in [5, 5.41) is 6.20. The molecule has 0 unspecified atom stereocenters. The Balaban J connectivity index is 1.63. The molecule has 3 amide bonds. The molecule has 0 aromatic carbocycles. The SMILES string of the molecule is C=CCN1C(=O)[C@@H]2[C@H](C(=O)N[C@@H]3CCCC[C@@H]3C)[C@H]3C=C[C@@]2(O3)[C@H]1C(=O)NC(C)(C)C. The summed E-state index contributed by atoms with van der Waals surface area (Å²) in [6.45, 7) is 11.9. The average Bonchev–Trinajstić information content (AvgIpc) is 3.30. The molecule has 2 saturated heterocycles. The Hall–Kier alpha value is -2.15. The zero-order valence-electron chi connectivity index (χ0n) is 19.0. The van der Waals surface area contributed by atoms with Crippen LogP contribution in [0.2, 0.25) is 0 Å². The predicted octanol–water partition coefficient (Wildman–Crippen LogP) is 1.93. The van der Waals surface area contributed by atoms with Gasteiger partial charge in [0.25, 0.3) is 0 Å². The van der Waals surface area contributed by atoms with Gasteiger partial charge in [0.2, 0.25) is 17.7 Å². The fraction of sp³-hybridized carbons (Fsp3) is 0.708. The van der Waals surface area contributed by atoms with Gasteiger partial charge < -0.3 is 20.3 Å². The Morgan fingerprint density at radius 2 is 2.00 bits per heavy atom. The topological polar surface area (TPSA) is 87.7 Å². The van der Waals surface area contributed by atoms with Crippen LogP contribution in [-0.4, -0.2) is 58.5 Å². The van der Waals surface area contributed by atoms with Crippen molar-refractivity contribution in [2.24, 2.45) is 17.8 Å². The van der Waals surface area contributed by atoms with E-state index in [1.165, 1.54) is 11.3 Å². The molecule has 4 aliphatic rings. The lowest BCUT2D eigenvalue weighted by molar-refractivity contribution is -0.142. The van der Waals surface area contributed by atoms with Gasteiger partial charge in [-0.1, -0.05) is 38.0 Å². The molecule has 3 heterocycles. The van der Waals surface area contributed by atoms with Gasteiger partial charge in [-0.3, -0.25) is 14.4 Å². The molecule has 1 aliphatic carbocycles. The van der Waals surface area contributed by atoms with Crippen molar-refractivity contribution in [2.45, 2.75) is 82.7 Å². The highest BCUT2D eigenvalue weighted by molar-refractivity contribution is 6.00. The van der Waals surface area contributed by atoms with Crippen molar-refractivity contribution in [2.75, 3.05) is 6.54 Å². The highest BCUT2D eigenvalue weighted by Crippen LogP contribution is 2.55. The molecule has 2 bridgehead atoms. The first-order valence-corrected chi connectivity index (χ1v) is 11.5. The highest BCUT2D eigenvalue weighted by atomic mass is 16.5. The Kier molecular flexibility index (Phi) is 5.53. The molecule has 31 heavy (non-hydrogen) atoms. The van der Waals surface area contributed by atoms with Crippen LogP contribution in [0, 0.1) is 17.8 Å². The minimum Gasteiger partial charge on any atom is -0.359 e. The first-order chi connectivity index (χ1) is 14.6. The van der Waals surface area contributed by atoms with Gasteiger partial charge in [-0.15, -0.1) is 6.58 Å². The van der Waals surface area contributed by atoms with Crippen LogP contribution in [0.1, 0.15) is 53.4 Å². The van der Waals surface area contributed by atoms with Gasteiger partial charge in [0.05, 0.1) is 17.9 Å². The van der Waals surface area contributed by atoms with E-state index >= 15 is 0 Å². The van der Waals surface area contributed by atoms with E-state index in [-0.39, 0.29) is 30.3 Å². The molecular formula is C24H35N3O4. The van der Waals surface area contributed by atoms with E-state index in [1.54, 1.807) is 6.08 Å². The molecule has 1 saturated carbocycles. The Labute approximate surface area is 184 Å². The van der Waals surface area contributed by atoms with Crippen LogP contribution < -0.4 is 10.6 Å². The normalized spacial score (nSPS) is 38.8. The number of ether oxygens (including phenoxy) is 1. The molecule has 170 valence electrons. The maximum atomic E-state index is 13.5. The zero-order chi connectivity index (χ0) is 22.6. The third-order valence-corrected chi connectivity index (χ3v) is 7.19. The Bertz CT molecular complexity index is 816. The number of hydrogen-bond acceptors (Lipinski definition) is 4. The number of nitrogens with zero attached hydrogens (tertiary/aromatic N) is 1. The fourth-order valence-electron chi connectivity index (χ4n) is 5.85. The van der Waals surface area contributed by atoms with E-state index in [2.05, 4.69) is 24.1 Å². The molecule has 3 fully saturated rings. The molecule has 7 nitrogen and oxygen atoms in total. The van der Waals surface area contributed by atoms with Gasteiger partial charge in [0, 0.05) is 18.1 Å². The van der Waals surface area contributed by atoms with Gasteiger partial charge in [-0.25, -0.2) is 0 Å². The molecule has 0 aromatic rings. The molecule has 2 N–H and O–H groups in total. The largest absolute Gasteiger partial charge is 0.359 e. The van der Waals surface area contributed by atoms with Crippen LogP contribution in [0.25, 0.3) is 0 Å². The second-order valence-corrected chi connectivity index (χ2v) is 10.6. The minimum absolute atomic E-state index is 0.126. The molecular weight excluding hydrogens is 394 g/mol. The molecule has 0 radical (unpaired) electrons. The number of carbonyl (C=O) groups is 3. The fourth-order valence-corrected chi connectivity index (χ4v) is 5.85. The summed E-state index contributed by atoms with van der Waals surface area (Å²) in [7, 11) is 0. The number of carbonyl (C=O) groups excluding carboxylic acids is 3. The van der Waals surface area contributed by atoms with Crippen molar-refractivity contribution in [1.29, 1.82) is 0 Å². The maximum absolute atomic E-state index is 13.5. The molecule has 3 aliphatic heterocycles. The van der Waals surface area contributed by atoms with Gasteiger partial charge >= 0.3 is 0 Å². The van der Waals surface area contributed by atoms with Gasteiger partial charge in [0.15, 0.2) is 0 Å². The van der Waals surface area contributed by atoms with E-state index in [9.17, 15) is 14.4 Å². The monoisotopic (exact) mass is 429 g/mol. The molecule has 1 spiro atoms. The lowest BCUT2D eigenvalue weighted by Crippen LogP contribution is -2.58. The lowest BCUT2D eigenvalue weighted by Gasteiger charge is -2.34. The first kappa shape index (κ1) is 22.1. The van der Waals surface area contributed by atoms with Crippen LogP contribution >= 0.6 is 0 Å². The van der Waals surface area contributed by atoms with E-state index in [0.29, 0.717) is 5.92 Å². The van der Waals surface area contributed by atoms with E-state index in [4.69, 9.17) is 4.74 Å². The second kappa shape index (κ2) is 7.76. The molecule has 0 aromatic heterocycles. The predicted molar refractivity (Wildman–Crippen MR) is 117 cm³/mol. The standard InChI is InChI=1S/C24H35N3O4/c1-6-13-27-19(21(29)26-23(3,4)5)24-12-11-16(31-24)17(18(24)22(27)30)20(28)25-15-10-8-7-9-14(15)2/h6,11-12,14-19H,1,7-10,13H2,2-5H3,(H,25,28)(H,26,29)/t14-,15+,16+,17+,18-,19+,24-/m0/s1. The zero-order valence-corrected chi connectivity index (χ0v) is 19.0. The van der Waals surface area contributed by atoms with Crippen molar-refractivity contribution in [3.8, 4) is 0 Å². The minimum atomic E-state index is -1.11. The van der Waals surface area contributed by atoms with Gasteiger partial charge in [0.1, 0.15) is 11.6 Å². The smallest absolute Gasteiger partial charge is 0.246 e. The first-order valence-electron chi connectivity index (χ1n) is 11.5. The van der Waals surface area contributed by atoms with E-state index in [0.717, 1.165) is 19.3 Å². The summed E-state index contributed by atoms with van der Waals surface area (Å²) in [6, 6.07) is -0.698. The van der Waals surface area contributed by atoms with Crippen molar-refractivity contribution < 1.29 is 19.1 Å². The summed E-state index contributed by atoms with van der Waals surface area (Å²) in [6.07, 6.45) is 9.18. The quantitative estimate of drug-likeness (QED) is 0.654. The van der Waals surface area contributed by atoms with Gasteiger partial charge in [-0.05, 0) is 39.5 Å². The van der Waals surface area contributed by atoms with Crippen LogP contribution in [0.15, 0.2) is 24.8 Å². The molecule has 4 rings (SSSR count). The van der Waals surface area contributed by atoms with Crippen molar-refractivity contribution in [3.63, 3.8) is 0 Å². The van der Waals surface area contributed by atoms with Gasteiger partial charge in [-0.2, -0.15) is 0 Å². The Morgan fingerprint density at radius 3 is 2.65 bits per heavy atom. The number of likely N-dealkylation sites (tertiary alicyclic amines) is 1. The summed E-state index contributed by atoms with van der Waals surface area (Å²) in [5.41, 5.74) is -1.57. The van der Waals surface area contributed by atoms with E-state index < -0.39 is 35.1 Å². The van der Waals surface area contributed by atoms with Crippen LogP contribution in [0.5, 0.6) is 0 Å². The number of amides is 3. The number of nitrogens with one attached hydrogen (secondary N) is 2. The summed E-state index contributed by atoms with van der Waals surface area (Å²) in [4.78, 5) is 41.7. The van der Waals surface area contributed by atoms with Crippen LogP contribution in [-0.2, 0) is 19.1 Å². The van der Waals surface area contributed by atoms with Crippen molar-refractivity contribution >= 4 is 17.7 Å². The Morgan fingerprint density at radius 1 is 1.29 bits per heavy atom. The summed E-state index contributed by atoms with van der Waals surface area (Å²) in [5.74, 6) is -1.51. The molecule has 7 heteroatoms. The number of hydrogen-bond donors (Lipinski definition) is 2. The van der Waals surface area contributed by atoms with E-state index in [1.807, 2.05) is 32.9 Å². The third-order valence-electron chi connectivity index (χ3n) is 7.19. The maximum Gasteiger partial charge on any atom is 0.246 e. The van der Waals surface area contributed by atoms with Crippen molar-refractivity contribution in [1.82, 2.24) is 15.5 Å². The number of fused-ring (bicyclic) bond motifs is 1. The second-order valence-electron chi connectivity index (χ2n) is 10.6. The molecule has 7 atom stereocenters.